The summed E-state index contributed by atoms with van der Waals surface area (Å²) in [6.45, 7) is 3.07. The largest absolute Gasteiger partial charge is 0.368 e. The minimum atomic E-state index is 0.0522. The smallest absolute Gasteiger partial charge is 0.254 e. The number of thiophene rings is 2. The van der Waals surface area contributed by atoms with Gasteiger partial charge in [0.25, 0.3) is 5.91 Å². The Morgan fingerprint density at radius 2 is 1.35 bits per heavy atom. The number of aromatic nitrogens is 2. The molecule has 7 heteroatoms. The lowest BCUT2D eigenvalue weighted by Crippen LogP contribution is -2.48. The number of carbonyl (C=O) groups excluding carboxylic acids is 1. The van der Waals surface area contributed by atoms with Crippen molar-refractivity contribution in [3.05, 3.63) is 89.1 Å². The van der Waals surface area contributed by atoms with Gasteiger partial charge in [-0.25, -0.2) is 9.97 Å². The normalized spacial score (nSPS) is 14.0. The topological polar surface area (TPSA) is 49.3 Å². The third-order valence-electron chi connectivity index (χ3n) is 6.11. The molecular weight excluding hydrogens is 460 g/mol. The second-order valence-electron chi connectivity index (χ2n) is 8.19. The quantitative estimate of drug-likeness (QED) is 0.313. The Kier molecular flexibility index (Phi) is 5.57. The molecule has 4 heterocycles. The molecule has 1 amide bonds. The summed E-state index contributed by atoms with van der Waals surface area (Å²) in [6.07, 6.45) is 0. The average molecular weight is 483 g/mol. The molecule has 0 spiro atoms. The number of carbonyl (C=O) groups is 1. The van der Waals surface area contributed by atoms with Crippen LogP contribution in [0.3, 0.4) is 0 Å². The molecule has 1 aliphatic rings. The first-order valence-corrected chi connectivity index (χ1v) is 13.0. The highest BCUT2D eigenvalue weighted by Gasteiger charge is 2.23. The SMILES string of the molecule is O=C(c1ccc2nc(-c3cccs3)c(-c3cccs3)nc2c1)N1CCN(c2ccccc2)CC1. The van der Waals surface area contributed by atoms with Crippen LogP contribution in [0.25, 0.3) is 32.2 Å². The Labute approximate surface area is 206 Å². The van der Waals surface area contributed by atoms with E-state index in [1.807, 2.05) is 41.3 Å². The van der Waals surface area contributed by atoms with Crippen molar-refractivity contribution in [2.45, 2.75) is 0 Å². The maximum atomic E-state index is 13.3. The predicted molar refractivity (Wildman–Crippen MR) is 141 cm³/mol. The monoisotopic (exact) mass is 482 g/mol. The first kappa shape index (κ1) is 21.0. The standard InChI is InChI=1S/C27H22N4OS2/c32-27(31-14-12-30(13-15-31)20-6-2-1-3-7-20)19-10-11-21-22(18-19)29-26(24-9-5-17-34-24)25(28-21)23-8-4-16-33-23/h1-11,16-18H,12-15H2. The van der Waals surface area contributed by atoms with Crippen LogP contribution in [0.2, 0.25) is 0 Å². The Morgan fingerprint density at radius 1 is 0.706 bits per heavy atom. The van der Waals surface area contributed by atoms with E-state index < -0.39 is 0 Å². The van der Waals surface area contributed by atoms with E-state index in [0.717, 1.165) is 45.3 Å². The Bertz CT molecular complexity index is 1420. The van der Waals surface area contributed by atoms with Crippen LogP contribution in [-0.4, -0.2) is 47.0 Å². The van der Waals surface area contributed by atoms with E-state index in [0.29, 0.717) is 18.7 Å². The predicted octanol–water partition coefficient (Wildman–Crippen LogP) is 6.05. The lowest BCUT2D eigenvalue weighted by molar-refractivity contribution is 0.0747. The van der Waals surface area contributed by atoms with E-state index in [2.05, 4.69) is 52.1 Å². The average Bonchev–Trinajstić information content (AvgIpc) is 3.63. The van der Waals surface area contributed by atoms with Gasteiger partial charge in [0.1, 0.15) is 11.4 Å². The van der Waals surface area contributed by atoms with Gasteiger partial charge in [0, 0.05) is 37.4 Å². The third kappa shape index (κ3) is 3.97. The molecule has 34 heavy (non-hydrogen) atoms. The Hall–Kier alpha value is -3.55. The summed E-state index contributed by atoms with van der Waals surface area (Å²) < 4.78 is 0. The number of anilines is 1. The third-order valence-corrected chi connectivity index (χ3v) is 7.86. The number of amides is 1. The van der Waals surface area contributed by atoms with E-state index in [1.165, 1.54) is 5.69 Å². The number of fused-ring (bicyclic) bond motifs is 1. The second-order valence-corrected chi connectivity index (χ2v) is 10.1. The number of hydrogen-bond donors (Lipinski definition) is 0. The molecular formula is C27H22N4OS2. The van der Waals surface area contributed by atoms with Gasteiger partial charge in [0.2, 0.25) is 0 Å². The molecule has 3 aromatic heterocycles. The number of nitrogens with zero attached hydrogens (tertiary/aromatic N) is 4. The Morgan fingerprint density at radius 3 is 1.97 bits per heavy atom. The van der Waals surface area contributed by atoms with Crippen LogP contribution in [0.4, 0.5) is 5.69 Å². The highest BCUT2D eigenvalue weighted by Crippen LogP contribution is 2.35. The molecule has 5 nitrogen and oxygen atoms in total. The van der Waals surface area contributed by atoms with Gasteiger partial charge in [-0.1, -0.05) is 30.3 Å². The molecule has 0 bridgehead atoms. The zero-order valence-electron chi connectivity index (χ0n) is 18.4. The van der Waals surface area contributed by atoms with Gasteiger partial charge in [-0.3, -0.25) is 4.79 Å². The van der Waals surface area contributed by atoms with Crippen LogP contribution in [0, 0.1) is 0 Å². The summed E-state index contributed by atoms with van der Waals surface area (Å²) in [5.41, 5.74) is 5.17. The van der Waals surface area contributed by atoms with Crippen molar-refractivity contribution in [3.63, 3.8) is 0 Å². The first-order valence-electron chi connectivity index (χ1n) is 11.2. The maximum Gasteiger partial charge on any atom is 0.254 e. The van der Waals surface area contributed by atoms with Gasteiger partial charge in [0.15, 0.2) is 0 Å². The molecule has 2 aromatic carbocycles. The van der Waals surface area contributed by atoms with Gasteiger partial charge >= 0.3 is 0 Å². The van der Waals surface area contributed by atoms with Gasteiger partial charge in [-0.15, -0.1) is 22.7 Å². The van der Waals surface area contributed by atoms with Gasteiger partial charge in [-0.05, 0) is 53.2 Å². The fraction of sp³-hybridized carbons (Fsp3) is 0.148. The van der Waals surface area contributed by atoms with Crippen molar-refractivity contribution in [2.24, 2.45) is 0 Å². The van der Waals surface area contributed by atoms with Crippen molar-refractivity contribution in [3.8, 4) is 21.1 Å². The lowest BCUT2D eigenvalue weighted by Gasteiger charge is -2.36. The number of hydrogen-bond acceptors (Lipinski definition) is 6. The molecule has 0 radical (unpaired) electrons. The lowest BCUT2D eigenvalue weighted by atomic mass is 10.1. The summed E-state index contributed by atoms with van der Waals surface area (Å²) >= 11 is 3.31. The van der Waals surface area contributed by atoms with E-state index in [9.17, 15) is 4.79 Å². The Balaban J connectivity index is 1.29. The van der Waals surface area contributed by atoms with E-state index in [1.54, 1.807) is 22.7 Å². The van der Waals surface area contributed by atoms with Crippen LogP contribution in [0.15, 0.2) is 83.6 Å². The fourth-order valence-electron chi connectivity index (χ4n) is 4.35. The van der Waals surface area contributed by atoms with Gasteiger partial charge < -0.3 is 9.80 Å². The van der Waals surface area contributed by atoms with Crippen LogP contribution in [-0.2, 0) is 0 Å². The zero-order valence-corrected chi connectivity index (χ0v) is 20.1. The number of benzene rings is 2. The fourth-order valence-corrected chi connectivity index (χ4v) is 5.78. The van der Waals surface area contributed by atoms with Crippen molar-refractivity contribution < 1.29 is 4.79 Å². The van der Waals surface area contributed by atoms with Crippen molar-refractivity contribution >= 4 is 45.3 Å². The molecule has 1 fully saturated rings. The van der Waals surface area contributed by atoms with Crippen LogP contribution >= 0.6 is 22.7 Å². The molecule has 0 unspecified atom stereocenters. The molecule has 0 aliphatic carbocycles. The summed E-state index contributed by atoms with van der Waals surface area (Å²) in [4.78, 5) is 29.7. The van der Waals surface area contributed by atoms with E-state index >= 15 is 0 Å². The summed E-state index contributed by atoms with van der Waals surface area (Å²) in [5, 5.41) is 4.10. The van der Waals surface area contributed by atoms with E-state index in [4.69, 9.17) is 9.97 Å². The number of para-hydroxylation sites is 1. The van der Waals surface area contributed by atoms with Crippen molar-refractivity contribution in [1.82, 2.24) is 14.9 Å². The number of rotatable bonds is 4. The van der Waals surface area contributed by atoms with Crippen molar-refractivity contribution in [2.75, 3.05) is 31.1 Å². The highest BCUT2D eigenvalue weighted by molar-refractivity contribution is 7.14. The van der Waals surface area contributed by atoms with Crippen LogP contribution in [0.1, 0.15) is 10.4 Å². The minimum absolute atomic E-state index is 0.0522. The zero-order chi connectivity index (χ0) is 22.9. The first-order chi connectivity index (χ1) is 16.8. The molecule has 6 rings (SSSR count). The molecule has 1 aliphatic heterocycles. The molecule has 168 valence electrons. The minimum Gasteiger partial charge on any atom is -0.368 e. The second kappa shape index (κ2) is 9.00. The highest BCUT2D eigenvalue weighted by atomic mass is 32.1. The molecule has 5 aromatic rings. The summed E-state index contributed by atoms with van der Waals surface area (Å²) in [6, 6.07) is 24.3. The summed E-state index contributed by atoms with van der Waals surface area (Å²) in [7, 11) is 0. The van der Waals surface area contributed by atoms with Crippen LogP contribution < -0.4 is 4.90 Å². The summed E-state index contributed by atoms with van der Waals surface area (Å²) in [5.74, 6) is 0.0522. The van der Waals surface area contributed by atoms with Gasteiger partial charge in [-0.2, -0.15) is 0 Å². The molecule has 0 saturated carbocycles. The number of piperazine rings is 1. The molecule has 0 atom stereocenters. The van der Waals surface area contributed by atoms with Gasteiger partial charge in [0.05, 0.1) is 20.8 Å². The molecule has 0 N–H and O–H groups in total. The van der Waals surface area contributed by atoms with E-state index in [-0.39, 0.29) is 5.91 Å². The maximum absolute atomic E-state index is 13.3. The molecule has 1 saturated heterocycles. The van der Waals surface area contributed by atoms with Crippen LogP contribution in [0.5, 0.6) is 0 Å². The van der Waals surface area contributed by atoms with Crippen molar-refractivity contribution in [1.29, 1.82) is 0 Å².